The Kier molecular flexibility index (Phi) is 7.79. The molecule has 150 valence electrons. The summed E-state index contributed by atoms with van der Waals surface area (Å²) in [5.41, 5.74) is 1.80. The molecule has 0 bridgehead atoms. The Hall–Kier alpha value is -2.63. The molecule has 9 nitrogen and oxygen atoms in total. The van der Waals surface area contributed by atoms with Crippen LogP contribution in [0.25, 0.3) is 11.4 Å². The minimum atomic E-state index is 0. The quantitative estimate of drug-likeness (QED) is 0.273. The van der Waals surface area contributed by atoms with Crippen LogP contribution in [0.3, 0.4) is 0 Å². The highest BCUT2D eigenvalue weighted by molar-refractivity contribution is 14.0. The van der Waals surface area contributed by atoms with Crippen molar-refractivity contribution >= 4 is 29.9 Å². The van der Waals surface area contributed by atoms with Crippen LogP contribution in [0.1, 0.15) is 23.2 Å². The van der Waals surface area contributed by atoms with Gasteiger partial charge in [-0.2, -0.15) is 5.10 Å². The summed E-state index contributed by atoms with van der Waals surface area (Å²) in [5, 5.41) is 13.5. The molecule has 0 unspecified atom stereocenters. The molecule has 10 heteroatoms. The molecular formula is C18H24IN7O2. The van der Waals surface area contributed by atoms with Crippen LogP contribution in [-0.4, -0.2) is 40.3 Å². The van der Waals surface area contributed by atoms with E-state index in [0.29, 0.717) is 36.6 Å². The third-order valence-corrected chi connectivity index (χ3v) is 4.01. The maximum absolute atomic E-state index is 5.55. The number of ether oxygens (including phenoxy) is 1. The van der Waals surface area contributed by atoms with Crippen LogP contribution >= 0.6 is 24.0 Å². The van der Waals surface area contributed by atoms with Gasteiger partial charge in [-0.1, -0.05) is 0 Å². The summed E-state index contributed by atoms with van der Waals surface area (Å²) in [6, 6.07) is 7.59. The number of methoxy groups -OCH3 is 1. The summed E-state index contributed by atoms with van der Waals surface area (Å²) in [7, 11) is 3.33. The van der Waals surface area contributed by atoms with Gasteiger partial charge in [-0.3, -0.25) is 10.1 Å². The molecule has 0 radical (unpaired) electrons. The van der Waals surface area contributed by atoms with Gasteiger partial charge in [0.1, 0.15) is 17.3 Å². The zero-order chi connectivity index (χ0) is 19.2. The third-order valence-electron chi connectivity index (χ3n) is 4.01. The minimum absolute atomic E-state index is 0. The summed E-state index contributed by atoms with van der Waals surface area (Å²) >= 11 is 0. The molecule has 0 saturated heterocycles. The number of nitrogens with one attached hydrogen (secondary N) is 3. The third kappa shape index (κ3) is 5.44. The minimum Gasteiger partial charge on any atom is -0.497 e. The van der Waals surface area contributed by atoms with Crippen LogP contribution in [0.5, 0.6) is 5.75 Å². The van der Waals surface area contributed by atoms with E-state index >= 15 is 0 Å². The highest BCUT2D eigenvalue weighted by Gasteiger charge is 2.09. The van der Waals surface area contributed by atoms with Crippen LogP contribution in [0.2, 0.25) is 0 Å². The Labute approximate surface area is 180 Å². The van der Waals surface area contributed by atoms with Crippen molar-refractivity contribution in [1.82, 2.24) is 30.8 Å². The number of aromatic nitrogens is 4. The number of aliphatic imine (C=N–C) groups is 1. The molecule has 0 amide bonds. The lowest BCUT2D eigenvalue weighted by Gasteiger charge is -2.08. The van der Waals surface area contributed by atoms with E-state index in [9.17, 15) is 0 Å². The Morgan fingerprint density at radius 2 is 1.86 bits per heavy atom. The number of aryl methyl sites for hydroxylation is 2. The lowest BCUT2D eigenvalue weighted by atomic mass is 10.2. The molecule has 28 heavy (non-hydrogen) atoms. The average Bonchev–Trinajstić information content (AvgIpc) is 3.29. The second-order valence-electron chi connectivity index (χ2n) is 5.86. The SMILES string of the molecule is CN=C(NCc1nc(-c2ccc(OC)cc2)n[nH]1)NCc1nc(C)c(C)o1.I. The van der Waals surface area contributed by atoms with Gasteiger partial charge in [0.2, 0.25) is 5.89 Å². The van der Waals surface area contributed by atoms with Crippen molar-refractivity contribution in [3.05, 3.63) is 47.4 Å². The lowest BCUT2D eigenvalue weighted by Crippen LogP contribution is -2.36. The number of H-pyrrole nitrogens is 1. The Morgan fingerprint density at radius 3 is 2.46 bits per heavy atom. The summed E-state index contributed by atoms with van der Waals surface area (Å²) in [6.45, 7) is 4.71. The van der Waals surface area contributed by atoms with E-state index in [-0.39, 0.29) is 24.0 Å². The summed E-state index contributed by atoms with van der Waals surface area (Å²) in [4.78, 5) is 13.0. The summed E-state index contributed by atoms with van der Waals surface area (Å²) in [5.74, 6) is 4.18. The van der Waals surface area contributed by atoms with Crippen molar-refractivity contribution in [3.63, 3.8) is 0 Å². The van der Waals surface area contributed by atoms with Crippen molar-refractivity contribution in [2.75, 3.05) is 14.2 Å². The highest BCUT2D eigenvalue weighted by atomic mass is 127. The summed E-state index contributed by atoms with van der Waals surface area (Å²) in [6.07, 6.45) is 0. The van der Waals surface area contributed by atoms with Gasteiger partial charge in [-0.05, 0) is 38.1 Å². The molecule has 0 spiro atoms. The molecular weight excluding hydrogens is 473 g/mol. The molecule has 0 fully saturated rings. The smallest absolute Gasteiger partial charge is 0.214 e. The van der Waals surface area contributed by atoms with Gasteiger partial charge in [0.05, 0.1) is 25.9 Å². The molecule has 3 rings (SSSR count). The maximum atomic E-state index is 5.55. The zero-order valence-electron chi connectivity index (χ0n) is 16.2. The number of guanidine groups is 1. The highest BCUT2D eigenvalue weighted by Crippen LogP contribution is 2.18. The van der Waals surface area contributed by atoms with E-state index in [0.717, 1.165) is 22.8 Å². The molecule has 1 aromatic carbocycles. The summed E-state index contributed by atoms with van der Waals surface area (Å²) < 4.78 is 10.7. The van der Waals surface area contributed by atoms with Crippen LogP contribution < -0.4 is 15.4 Å². The number of aromatic amines is 1. The van der Waals surface area contributed by atoms with Crippen molar-refractivity contribution in [2.24, 2.45) is 4.99 Å². The Balaban J connectivity index is 0.00000280. The number of halogens is 1. The van der Waals surface area contributed by atoms with Gasteiger partial charge < -0.3 is 19.8 Å². The van der Waals surface area contributed by atoms with Gasteiger partial charge >= 0.3 is 0 Å². The largest absolute Gasteiger partial charge is 0.497 e. The molecule has 0 aliphatic carbocycles. The van der Waals surface area contributed by atoms with Gasteiger partial charge in [0.15, 0.2) is 11.8 Å². The van der Waals surface area contributed by atoms with E-state index in [2.05, 4.69) is 35.8 Å². The predicted molar refractivity (Wildman–Crippen MR) is 117 cm³/mol. The molecule has 2 heterocycles. The number of benzene rings is 1. The number of hydrogen-bond acceptors (Lipinski definition) is 6. The first-order chi connectivity index (χ1) is 13.1. The number of hydrogen-bond donors (Lipinski definition) is 3. The Morgan fingerprint density at radius 1 is 1.14 bits per heavy atom. The van der Waals surface area contributed by atoms with Crippen molar-refractivity contribution < 1.29 is 9.15 Å². The second-order valence-corrected chi connectivity index (χ2v) is 5.86. The maximum Gasteiger partial charge on any atom is 0.214 e. The average molecular weight is 497 g/mol. The van der Waals surface area contributed by atoms with Gasteiger partial charge in [0, 0.05) is 12.6 Å². The molecule has 0 saturated carbocycles. The Bertz CT molecular complexity index is 899. The number of rotatable bonds is 6. The van der Waals surface area contributed by atoms with Crippen LogP contribution in [0.15, 0.2) is 33.7 Å². The van der Waals surface area contributed by atoms with Gasteiger partial charge in [-0.15, -0.1) is 24.0 Å². The fraction of sp³-hybridized carbons (Fsp3) is 0.333. The van der Waals surface area contributed by atoms with E-state index in [4.69, 9.17) is 9.15 Å². The van der Waals surface area contributed by atoms with Crippen LogP contribution in [0, 0.1) is 13.8 Å². The second kappa shape index (κ2) is 10.1. The van der Waals surface area contributed by atoms with Crippen molar-refractivity contribution in [1.29, 1.82) is 0 Å². The molecule has 2 aromatic heterocycles. The standard InChI is InChI=1S/C18H23N7O2.HI/c1-11-12(2)27-16(22-11)10-21-18(19-3)20-9-15-23-17(25-24-15)13-5-7-14(26-4)8-6-13;/h5-8H,9-10H2,1-4H3,(H2,19,20,21)(H,23,24,25);1H. The fourth-order valence-corrected chi connectivity index (χ4v) is 2.41. The van der Waals surface area contributed by atoms with Gasteiger partial charge in [-0.25, -0.2) is 9.97 Å². The monoisotopic (exact) mass is 497 g/mol. The number of oxazole rings is 1. The first-order valence-electron chi connectivity index (χ1n) is 8.52. The van der Waals surface area contributed by atoms with E-state index in [1.807, 2.05) is 38.1 Å². The molecule has 3 aromatic rings. The van der Waals surface area contributed by atoms with E-state index in [1.165, 1.54) is 0 Å². The molecule has 0 aliphatic rings. The normalized spacial score (nSPS) is 11.1. The fourth-order valence-electron chi connectivity index (χ4n) is 2.41. The van der Waals surface area contributed by atoms with Crippen LogP contribution in [0.4, 0.5) is 0 Å². The number of nitrogens with zero attached hydrogens (tertiary/aromatic N) is 4. The molecule has 0 atom stereocenters. The first kappa shape index (κ1) is 21.7. The first-order valence-corrected chi connectivity index (χ1v) is 8.52. The zero-order valence-corrected chi connectivity index (χ0v) is 18.6. The van der Waals surface area contributed by atoms with Gasteiger partial charge in [0.25, 0.3) is 0 Å². The van der Waals surface area contributed by atoms with Crippen LogP contribution in [-0.2, 0) is 13.1 Å². The van der Waals surface area contributed by atoms with Crippen molar-refractivity contribution in [2.45, 2.75) is 26.9 Å². The van der Waals surface area contributed by atoms with E-state index in [1.54, 1.807) is 14.2 Å². The lowest BCUT2D eigenvalue weighted by molar-refractivity contribution is 0.415. The molecule has 0 aliphatic heterocycles. The molecule has 3 N–H and O–H groups in total. The predicted octanol–water partition coefficient (Wildman–Crippen LogP) is 2.57. The van der Waals surface area contributed by atoms with Crippen molar-refractivity contribution in [3.8, 4) is 17.1 Å². The topological polar surface area (TPSA) is 113 Å². The van der Waals surface area contributed by atoms with E-state index < -0.39 is 0 Å².